The molecule has 0 fully saturated rings. The summed E-state index contributed by atoms with van der Waals surface area (Å²) in [4.78, 5) is 15.1. The molecule has 0 saturated heterocycles. The van der Waals surface area contributed by atoms with Crippen LogP contribution in [0.25, 0.3) is 0 Å². The Kier molecular flexibility index (Phi) is 7.39. The smallest absolute Gasteiger partial charge is 0.437 e. The van der Waals surface area contributed by atoms with Gasteiger partial charge in [0.2, 0.25) is 0 Å². The zero-order valence-electron chi connectivity index (χ0n) is 12.2. The van der Waals surface area contributed by atoms with E-state index in [0.29, 0.717) is 0 Å². The van der Waals surface area contributed by atoms with Gasteiger partial charge < -0.3 is 15.8 Å². The third-order valence-electron chi connectivity index (χ3n) is 2.36. The number of aliphatic imine (C=N–C) groups is 1. The van der Waals surface area contributed by atoms with Crippen LogP contribution in [-0.2, 0) is 4.74 Å². The van der Waals surface area contributed by atoms with Gasteiger partial charge in [0.1, 0.15) is 5.60 Å². The lowest BCUT2D eigenvalue weighted by atomic mass is 10.1. The summed E-state index contributed by atoms with van der Waals surface area (Å²) in [5.41, 5.74) is 5.13. The summed E-state index contributed by atoms with van der Waals surface area (Å²) >= 11 is 0. The molecule has 0 aromatic carbocycles. The van der Waals surface area contributed by atoms with E-state index in [-0.39, 0.29) is 12.0 Å². The number of rotatable bonds is 5. The van der Waals surface area contributed by atoms with Crippen molar-refractivity contribution in [2.75, 3.05) is 0 Å². The molecule has 0 radical (unpaired) electrons. The van der Waals surface area contributed by atoms with Gasteiger partial charge >= 0.3 is 6.09 Å². The lowest BCUT2D eigenvalue weighted by molar-refractivity contribution is 0.0603. The number of carbonyl (C=O) groups is 1. The van der Waals surface area contributed by atoms with Gasteiger partial charge in [0.25, 0.3) is 0 Å². The van der Waals surface area contributed by atoms with Gasteiger partial charge in [0.05, 0.1) is 0 Å². The molecule has 0 aliphatic rings. The maximum absolute atomic E-state index is 11.4. The van der Waals surface area contributed by atoms with Crippen LogP contribution in [0.2, 0.25) is 0 Å². The van der Waals surface area contributed by atoms with Crippen molar-refractivity contribution in [1.29, 1.82) is 0 Å². The topological polar surface area (TPSA) is 76.7 Å². The zero-order chi connectivity index (χ0) is 14.2. The minimum Gasteiger partial charge on any atom is -0.442 e. The first-order valence-corrected chi connectivity index (χ1v) is 6.62. The average molecular weight is 257 g/mol. The number of ether oxygens (including phenoxy) is 1. The summed E-state index contributed by atoms with van der Waals surface area (Å²) in [6.45, 7) is 9.60. The molecule has 0 spiro atoms. The number of amides is 1. The van der Waals surface area contributed by atoms with Gasteiger partial charge in [-0.2, -0.15) is 0 Å². The normalized spacial score (nSPS) is 14.2. The highest BCUT2D eigenvalue weighted by molar-refractivity contribution is 5.89. The van der Waals surface area contributed by atoms with Crippen LogP contribution in [0.3, 0.4) is 0 Å². The minimum atomic E-state index is -0.655. The van der Waals surface area contributed by atoms with Crippen molar-refractivity contribution in [3.8, 4) is 0 Å². The summed E-state index contributed by atoms with van der Waals surface area (Å²) in [7, 11) is 0. The van der Waals surface area contributed by atoms with Crippen LogP contribution < -0.4 is 11.1 Å². The third kappa shape index (κ3) is 8.84. The summed E-state index contributed by atoms with van der Waals surface area (Å²) in [6.07, 6.45) is 3.59. The van der Waals surface area contributed by atoms with Crippen LogP contribution in [0.1, 0.15) is 60.3 Å². The van der Waals surface area contributed by atoms with E-state index in [1.54, 1.807) is 20.8 Å². The molecule has 0 aromatic rings. The number of nitrogens with two attached hydrogens (primary N) is 1. The Morgan fingerprint density at radius 2 is 2.00 bits per heavy atom. The van der Waals surface area contributed by atoms with Crippen LogP contribution in [0.5, 0.6) is 0 Å². The van der Waals surface area contributed by atoms with E-state index in [1.807, 2.05) is 0 Å². The number of hydrogen-bond acceptors (Lipinski definition) is 2. The zero-order valence-corrected chi connectivity index (χ0v) is 12.2. The van der Waals surface area contributed by atoms with Crippen molar-refractivity contribution >= 4 is 12.1 Å². The molecule has 3 N–H and O–H groups in total. The monoisotopic (exact) mass is 257 g/mol. The second-order valence-corrected chi connectivity index (χ2v) is 5.37. The van der Waals surface area contributed by atoms with Crippen molar-refractivity contribution in [2.24, 2.45) is 10.7 Å². The number of nitrogens with one attached hydrogen (secondary N) is 1. The van der Waals surface area contributed by atoms with Crippen LogP contribution in [0, 0.1) is 0 Å². The molecule has 1 amide bonds. The SMILES string of the molecule is CCCCC(CC)N/C(N)=N\C(=O)OC(C)(C)C. The first kappa shape index (κ1) is 16.7. The van der Waals surface area contributed by atoms with E-state index < -0.39 is 11.7 Å². The first-order valence-electron chi connectivity index (χ1n) is 6.62. The molecule has 1 atom stereocenters. The Labute approximate surface area is 110 Å². The second kappa shape index (κ2) is 7.95. The average Bonchev–Trinajstić information content (AvgIpc) is 2.20. The fourth-order valence-corrected chi connectivity index (χ4v) is 1.45. The highest BCUT2D eigenvalue weighted by Gasteiger charge is 2.16. The van der Waals surface area contributed by atoms with Gasteiger partial charge in [-0.05, 0) is 33.6 Å². The lowest BCUT2D eigenvalue weighted by Crippen LogP contribution is -2.40. The molecule has 0 heterocycles. The van der Waals surface area contributed by atoms with Crippen LogP contribution in [0.15, 0.2) is 4.99 Å². The summed E-state index contributed by atoms with van der Waals surface area (Å²) in [6, 6.07) is 0.260. The number of carbonyl (C=O) groups excluding carboxylic acids is 1. The van der Waals surface area contributed by atoms with Crippen LogP contribution >= 0.6 is 0 Å². The maximum Gasteiger partial charge on any atom is 0.437 e. The highest BCUT2D eigenvalue weighted by Crippen LogP contribution is 2.08. The van der Waals surface area contributed by atoms with Gasteiger partial charge in [-0.15, -0.1) is 4.99 Å². The molecule has 5 nitrogen and oxygen atoms in total. The second-order valence-electron chi connectivity index (χ2n) is 5.37. The van der Waals surface area contributed by atoms with Crippen LogP contribution in [0.4, 0.5) is 4.79 Å². The lowest BCUT2D eigenvalue weighted by Gasteiger charge is -2.19. The standard InChI is InChI=1S/C13H27N3O2/c1-6-8-9-10(7-2)15-11(14)16-12(17)18-13(3,4)5/h10H,6-9H2,1-5H3,(H3,14,15,16,17). The number of hydrogen-bond donors (Lipinski definition) is 2. The van der Waals surface area contributed by atoms with Gasteiger partial charge in [0, 0.05) is 6.04 Å². The Morgan fingerprint density at radius 3 is 2.44 bits per heavy atom. The van der Waals surface area contributed by atoms with Crippen molar-refractivity contribution < 1.29 is 9.53 Å². The van der Waals surface area contributed by atoms with Crippen molar-refractivity contribution in [2.45, 2.75) is 71.9 Å². The van der Waals surface area contributed by atoms with Crippen molar-refractivity contribution in [3.05, 3.63) is 0 Å². The number of guanidine groups is 1. The summed E-state index contributed by atoms with van der Waals surface area (Å²) < 4.78 is 5.06. The molecule has 1 unspecified atom stereocenters. The Bertz CT molecular complexity index is 282. The molecule has 0 aromatic heterocycles. The van der Waals surface area contributed by atoms with Crippen molar-refractivity contribution in [1.82, 2.24) is 5.32 Å². The molecule has 0 rings (SSSR count). The third-order valence-corrected chi connectivity index (χ3v) is 2.36. The Hall–Kier alpha value is -1.26. The van der Waals surface area contributed by atoms with E-state index in [2.05, 4.69) is 24.2 Å². The predicted octanol–water partition coefficient (Wildman–Crippen LogP) is 2.79. The Morgan fingerprint density at radius 1 is 1.39 bits per heavy atom. The van der Waals surface area contributed by atoms with E-state index in [9.17, 15) is 4.79 Å². The maximum atomic E-state index is 11.4. The molecular weight excluding hydrogens is 230 g/mol. The fourth-order valence-electron chi connectivity index (χ4n) is 1.45. The van der Waals surface area contributed by atoms with Gasteiger partial charge in [-0.1, -0.05) is 26.7 Å². The summed E-state index contributed by atoms with van der Waals surface area (Å²) in [5, 5.41) is 3.05. The van der Waals surface area contributed by atoms with Gasteiger partial charge in [-0.3, -0.25) is 0 Å². The van der Waals surface area contributed by atoms with E-state index in [4.69, 9.17) is 10.5 Å². The molecule has 106 valence electrons. The first-order chi connectivity index (χ1) is 8.28. The van der Waals surface area contributed by atoms with E-state index >= 15 is 0 Å². The largest absolute Gasteiger partial charge is 0.442 e. The predicted molar refractivity (Wildman–Crippen MR) is 74.6 cm³/mol. The molecule has 5 heteroatoms. The fraction of sp³-hybridized carbons (Fsp3) is 0.846. The molecule has 0 aliphatic heterocycles. The molecular formula is C13H27N3O2. The minimum absolute atomic E-state index is 0.132. The van der Waals surface area contributed by atoms with E-state index in [0.717, 1.165) is 25.7 Å². The van der Waals surface area contributed by atoms with Gasteiger partial charge in [0.15, 0.2) is 5.96 Å². The molecule has 18 heavy (non-hydrogen) atoms. The highest BCUT2D eigenvalue weighted by atomic mass is 16.6. The molecule has 0 aliphatic carbocycles. The molecule has 0 bridgehead atoms. The Balaban J connectivity index is 4.27. The quantitative estimate of drug-likeness (QED) is 0.586. The number of nitrogens with zero attached hydrogens (tertiary/aromatic N) is 1. The van der Waals surface area contributed by atoms with Gasteiger partial charge in [-0.25, -0.2) is 4.79 Å². The summed E-state index contributed by atoms with van der Waals surface area (Å²) in [5.74, 6) is 0.132. The van der Waals surface area contributed by atoms with Crippen LogP contribution in [-0.4, -0.2) is 23.7 Å². The number of unbranched alkanes of at least 4 members (excludes halogenated alkanes) is 1. The van der Waals surface area contributed by atoms with E-state index in [1.165, 1.54) is 0 Å². The van der Waals surface area contributed by atoms with Crippen molar-refractivity contribution in [3.63, 3.8) is 0 Å². The molecule has 0 saturated carbocycles.